The molecule has 0 saturated heterocycles. The fourth-order valence-corrected chi connectivity index (χ4v) is 11.7. The van der Waals surface area contributed by atoms with E-state index in [9.17, 15) is 9.90 Å². The number of amides is 1. The highest BCUT2D eigenvalue weighted by molar-refractivity contribution is 6.91. The molecule has 1 aliphatic heterocycles. The molecule has 0 spiro atoms. The normalized spacial score (nSPS) is 18.1. The number of fused-ring (bicyclic) bond motifs is 2. The van der Waals surface area contributed by atoms with Gasteiger partial charge in [-0.25, -0.2) is 0 Å². The minimum Gasteiger partial charge on any atom is -0.497 e. The first-order valence-electron chi connectivity index (χ1n) is 18.6. The number of aromatic amines is 1. The third kappa shape index (κ3) is 7.57. The minimum atomic E-state index is -2.25. The van der Waals surface area contributed by atoms with Crippen LogP contribution in [0.25, 0.3) is 10.9 Å². The van der Waals surface area contributed by atoms with Crippen LogP contribution in [0, 0.1) is 5.92 Å². The number of nitrogens with one attached hydrogen (secondary N) is 2. The van der Waals surface area contributed by atoms with Crippen LogP contribution >= 0.6 is 0 Å². The highest BCUT2D eigenvalue weighted by Crippen LogP contribution is 2.48. The topological polar surface area (TPSA) is 124 Å². The summed E-state index contributed by atoms with van der Waals surface area (Å²) in [6.07, 6.45) is 4.51. The summed E-state index contributed by atoms with van der Waals surface area (Å²) in [6, 6.07) is 32.2. The standard InChI is InChI=1S/C43H49N5O5Si/c1-28-42(52-3)35-24-31(45-41(50)23-30-25-44-37-14-10-9-13-34(30)37)15-20-39(35)53-43(28)40(54(4,5)33-18-16-32(51-2)17-19-33)21-22-48-26-38(46-47-48)36(27-49)29-11-7-6-8-12-29/h6-20,24-26,28,36,40,42-44,49H,21-23,27H2,1-5H3,(H,45,50)/t28-,36?,40?,42-,43-/m0/s1. The van der Waals surface area contributed by atoms with Gasteiger partial charge in [-0.3, -0.25) is 9.48 Å². The number of benzene rings is 4. The van der Waals surface area contributed by atoms with Crippen molar-refractivity contribution < 1.29 is 24.1 Å². The zero-order chi connectivity index (χ0) is 37.8. The maximum atomic E-state index is 13.2. The number of hydrogen-bond donors (Lipinski definition) is 3. The molecule has 1 aliphatic rings. The minimum absolute atomic E-state index is 0.00199. The van der Waals surface area contributed by atoms with Crippen molar-refractivity contribution in [2.75, 3.05) is 26.1 Å². The van der Waals surface area contributed by atoms with E-state index in [0.717, 1.165) is 51.2 Å². The third-order valence-electron chi connectivity index (χ3n) is 11.3. The van der Waals surface area contributed by atoms with E-state index in [-0.39, 0.29) is 48.5 Å². The van der Waals surface area contributed by atoms with E-state index >= 15 is 0 Å². The monoisotopic (exact) mass is 743 g/mol. The Kier molecular flexibility index (Phi) is 11.0. The van der Waals surface area contributed by atoms with Gasteiger partial charge in [0.15, 0.2) is 0 Å². The van der Waals surface area contributed by atoms with Crippen LogP contribution in [0.3, 0.4) is 0 Å². The predicted molar refractivity (Wildman–Crippen MR) is 214 cm³/mol. The number of hydrogen-bond acceptors (Lipinski definition) is 7. The lowest BCUT2D eigenvalue weighted by atomic mass is 9.86. The predicted octanol–water partition coefficient (Wildman–Crippen LogP) is 7.23. The van der Waals surface area contributed by atoms with E-state index in [1.807, 2.05) is 102 Å². The number of carbonyl (C=O) groups excluding carboxylic acids is 1. The highest BCUT2D eigenvalue weighted by Gasteiger charge is 2.47. The number of anilines is 1. The first-order valence-corrected chi connectivity index (χ1v) is 21.7. The lowest BCUT2D eigenvalue weighted by Gasteiger charge is -2.46. The van der Waals surface area contributed by atoms with Gasteiger partial charge in [-0.05, 0) is 59.5 Å². The van der Waals surface area contributed by atoms with Crippen molar-refractivity contribution in [3.63, 3.8) is 0 Å². The summed E-state index contributed by atoms with van der Waals surface area (Å²) in [4.78, 5) is 16.5. The Hall–Kier alpha value is -5.23. The van der Waals surface area contributed by atoms with E-state index < -0.39 is 8.07 Å². The molecule has 10 nitrogen and oxygen atoms in total. The zero-order valence-corrected chi connectivity index (χ0v) is 32.5. The molecule has 3 N–H and O–H groups in total. The molecule has 7 rings (SSSR count). The maximum absolute atomic E-state index is 13.2. The van der Waals surface area contributed by atoms with Crippen molar-refractivity contribution >= 4 is 35.8 Å². The van der Waals surface area contributed by atoms with Crippen LogP contribution < -0.4 is 20.0 Å². The van der Waals surface area contributed by atoms with Gasteiger partial charge in [0.1, 0.15) is 17.6 Å². The largest absolute Gasteiger partial charge is 0.497 e. The molecule has 6 aromatic rings. The van der Waals surface area contributed by atoms with Crippen molar-refractivity contribution in [2.24, 2.45) is 5.92 Å². The van der Waals surface area contributed by atoms with Crippen LogP contribution in [0.15, 0.2) is 109 Å². The van der Waals surface area contributed by atoms with E-state index in [0.29, 0.717) is 12.2 Å². The van der Waals surface area contributed by atoms with Crippen LogP contribution in [-0.4, -0.2) is 66.0 Å². The molecule has 0 saturated carbocycles. The van der Waals surface area contributed by atoms with Crippen molar-refractivity contribution in [2.45, 2.75) is 63.1 Å². The quantitative estimate of drug-likeness (QED) is 0.101. The number of ether oxygens (including phenoxy) is 3. The second-order valence-electron chi connectivity index (χ2n) is 14.8. The van der Waals surface area contributed by atoms with Crippen molar-refractivity contribution in [3.05, 3.63) is 132 Å². The number of aliphatic hydroxyl groups excluding tert-OH is 1. The van der Waals surface area contributed by atoms with Gasteiger partial charge in [-0.2, -0.15) is 0 Å². The number of methoxy groups -OCH3 is 2. The Morgan fingerprint density at radius 2 is 1.78 bits per heavy atom. The molecule has 0 radical (unpaired) electrons. The van der Waals surface area contributed by atoms with E-state index in [1.165, 1.54) is 5.19 Å². The molecule has 11 heteroatoms. The molecule has 0 aliphatic carbocycles. The van der Waals surface area contributed by atoms with Crippen LogP contribution in [0.1, 0.15) is 47.8 Å². The molecule has 3 heterocycles. The fraction of sp³-hybridized carbons (Fsp3) is 0.326. The van der Waals surface area contributed by atoms with Gasteiger partial charge < -0.3 is 29.6 Å². The zero-order valence-electron chi connectivity index (χ0n) is 31.5. The number of aliphatic hydroxyl groups is 1. The molecular weight excluding hydrogens is 695 g/mol. The molecule has 54 heavy (non-hydrogen) atoms. The second-order valence-corrected chi connectivity index (χ2v) is 19.6. The van der Waals surface area contributed by atoms with Gasteiger partial charge in [0, 0.05) is 54.1 Å². The van der Waals surface area contributed by atoms with Crippen molar-refractivity contribution in [1.82, 2.24) is 20.0 Å². The second kappa shape index (κ2) is 16.0. The van der Waals surface area contributed by atoms with Crippen molar-refractivity contribution in [1.29, 1.82) is 0 Å². The lowest BCUT2D eigenvalue weighted by Crippen LogP contribution is -2.54. The summed E-state index contributed by atoms with van der Waals surface area (Å²) in [5.41, 5.74) is 5.49. The molecule has 1 amide bonds. The number of para-hydroxylation sites is 1. The maximum Gasteiger partial charge on any atom is 0.228 e. The number of nitrogens with zero attached hydrogens (tertiary/aromatic N) is 3. The summed E-state index contributed by atoms with van der Waals surface area (Å²) in [5, 5.41) is 24.7. The van der Waals surface area contributed by atoms with Gasteiger partial charge in [-0.15, -0.1) is 5.10 Å². The Balaban J connectivity index is 1.14. The molecule has 0 fully saturated rings. The average molecular weight is 744 g/mol. The third-order valence-corrected chi connectivity index (χ3v) is 15.6. The molecule has 0 bridgehead atoms. The van der Waals surface area contributed by atoms with Crippen molar-refractivity contribution in [3.8, 4) is 11.5 Å². The van der Waals surface area contributed by atoms with Crippen LogP contribution in [0.5, 0.6) is 11.5 Å². The Morgan fingerprint density at radius 3 is 2.52 bits per heavy atom. The smallest absolute Gasteiger partial charge is 0.228 e. The molecule has 4 aromatic carbocycles. The number of carbonyl (C=O) groups is 1. The average Bonchev–Trinajstić information content (AvgIpc) is 3.83. The van der Waals surface area contributed by atoms with Gasteiger partial charge in [-0.1, -0.05) is 91.1 Å². The number of rotatable bonds is 14. The Morgan fingerprint density at radius 1 is 1.02 bits per heavy atom. The van der Waals surface area contributed by atoms with E-state index in [1.54, 1.807) is 14.2 Å². The number of aryl methyl sites for hydroxylation is 1. The summed E-state index contributed by atoms with van der Waals surface area (Å²) in [5.74, 6) is 1.25. The first kappa shape index (κ1) is 37.1. The first-order chi connectivity index (χ1) is 26.2. The summed E-state index contributed by atoms with van der Waals surface area (Å²) < 4.78 is 20.7. The van der Waals surface area contributed by atoms with E-state index in [4.69, 9.17) is 14.2 Å². The lowest BCUT2D eigenvalue weighted by molar-refractivity contribution is -0.115. The SMILES string of the molecule is COc1ccc([Si](C)(C)C(CCn2cc(C(CO)c3ccccc3)nn2)[C@H]2Oc3ccc(NC(=O)Cc4c[nH]c5ccccc45)cc3[C@@H](OC)[C@@H]2C)cc1. The molecule has 2 unspecified atom stereocenters. The number of H-pyrrole nitrogens is 1. The fourth-order valence-electron chi connectivity index (χ4n) is 8.19. The van der Waals surface area contributed by atoms with Gasteiger partial charge in [0.25, 0.3) is 0 Å². The molecular formula is C43H49N5O5Si. The van der Waals surface area contributed by atoms with E-state index in [2.05, 4.69) is 52.8 Å². The summed E-state index contributed by atoms with van der Waals surface area (Å²) in [6.45, 7) is 7.60. The van der Waals surface area contributed by atoms with Gasteiger partial charge in [0.05, 0.1) is 45.9 Å². The van der Waals surface area contributed by atoms with Crippen LogP contribution in [0.2, 0.25) is 18.6 Å². The van der Waals surface area contributed by atoms with Gasteiger partial charge in [0.2, 0.25) is 5.91 Å². The summed E-state index contributed by atoms with van der Waals surface area (Å²) >= 11 is 0. The Bertz CT molecular complexity index is 2180. The summed E-state index contributed by atoms with van der Waals surface area (Å²) in [7, 11) is 1.19. The Labute approximate surface area is 317 Å². The highest BCUT2D eigenvalue weighted by atomic mass is 28.3. The molecule has 280 valence electrons. The molecule has 2 aromatic heterocycles. The van der Waals surface area contributed by atoms with Crippen LogP contribution in [-0.2, 0) is 22.5 Å². The molecule has 5 atom stereocenters. The number of aromatic nitrogens is 4. The van der Waals surface area contributed by atoms with Crippen LogP contribution in [0.4, 0.5) is 5.69 Å². The van der Waals surface area contributed by atoms with Gasteiger partial charge >= 0.3 is 0 Å².